The molecule has 2 saturated carbocycles. The summed E-state index contributed by atoms with van der Waals surface area (Å²) < 4.78 is 5.36. The number of aryl methyl sites for hydroxylation is 1. The van der Waals surface area contributed by atoms with Gasteiger partial charge in [-0.25, -0.2) is 0 Å². The minimum Gasteiger partial charge on any atom is -0.339 e. The van der Waals surface area contributed by atoms with Crippen molar-refractivity contribution in [1.82, 2.24) is 25.2 Å². The van der Waals surface area contributed by atoms with Crippen LogP contribution in [-0.2, 0) is 6.42 Å². The van der Waals surface area contributed by atoms with Gasteiger partial charge in [0.25, 0.3) is 5.91 Å². The molecule has 2 aromatic heterocycles. The summed E-state index contributed by atoms with van der Waals surface area (Å²) in [7, 11) is 0. The molecule has 7 nitrogen and oxygen atoms in total. The number of rotatable bonds is 5. The van der Waals surface area contributed by atoms with Crippen LogP contribution < -0.4 is 0 Å². The Hall–Kier alpha value is -2.18. The lowest BCUT2D eigenvalue weighted by molar-refractivity contribution is 0.0687. The van der Waals surface area contributed by atoms with Crippen molar-refractivity contribution in [2.24, 2.45) is 5.92 Å². The summed E-state index contributed by atoms with van der Waals surface area (Å²) in [6.45, 7) is 3.55. The Balaban J connectivity index is 1.20. The number of aromatic amines is 1. The molecule has 1 aliphatic heterocycles. The zero-order valence-electron chi connectivity index (χ0n) is 15.2. The molecular formula is C19H25N5O2. The Labute approximate surface area is 152 Å². The van der Waals surface area contributed by atoms with Gasteiger partial charge in [-0.2, -0.15) is 10.1 Å². The zero-order chi connectivity index (χ0) is 17.7. The zero-order valence-corrected chi connectivity index (χ0v) is 15.2. The predicted octanol–water partition coefficient (Wildman–Crippen LogP) is 2.95. The Morgan fingerprint density at radius 3 is 2.58 bits per heavy atom. The van der Waals surface area contributed by atoms with Crippen LogP contribution >= 0.6 is 0 Å². The molecule has 1 saturated heterocycles. The highest BCUT2D eigenvalue weighted by atomic mass is 16.5. The number of carbonyl (C=O) groups excluding carboxylic acids is 1. The smallest absolute Gasteiger partial charge is 0.257 e. The molecule has 2 aliphatic carbocycles. The van der Waals surface area contributed by atoms with Crippen molar-refractivity contribution in [3.8, 4) is 0 Å². The number of H-pyrrole nitrogens is 1. The van der Waals surface area contributed by atoms with Gasteiger partial charge in [0.1, 0.15) is 0 Å². The molecule has 5 rings (SSSR count). The first kappa shape index (κ1) is 16.0. The van der Waals surface area contributed by atoms with Crippen molar-refractivity contribution in [2.45, 2.75) is 63.7 Å². The standard InChI is InChI=1S/C19H25N5O2/c1-11-16(17(22-21-11)13-2-3-13)19(25)24-8-6-12(7-9-24)10-15-20-18(26-23-15)14-4-5-14/h12-14H,2-10H2,1H3,(H,21,22). The van der Waals surface area contributed by atoms with E-state index < -0.39 is 0 Å². The Kier molecular flexibility index (Phi) is 3.83. The van der Waals surface area contributed by atoms with Gasteiger partial charge in [0.15, 0.2) is 5.82 Å². The number of likely N-dealkylation sites (tertiary alicyclic amines) is 1. The molecule has 26 heavy (non-hydrogen) atoms. The fourth-order valence-corrected chi connectivity index (χ4v) is 3.97. The SMILES string of the molecule is Cc1[nH]nc(C2CC2)c1C(=O)N1CCC(Cc2noc(C3CC3)n2)CC1. The summed E-state index contributed by atoms with van der Waals surface area (Å²) in [5, 5.41) is 11.5. The van der Waals surface area contributed by atoms with E-state index in [-0.39, 0.29) is 5.91 Å². The molecule has 1 amide bonds. The van der Waals surface area contributed by atoms with Crippen LogP contribution in [0.15, 0.2) is 4.52 Å². The number of carbonyl (C=O) groups is 1. The van der Waals surface area contributed by atoms with E-state index in [1.807, 2.05) is 11.8 Å². The molecule has 0 radical (unpaired) electrons. The number of nitrogens with one attached hydrogen (secondary N) is 1. The first-order chi connectivity index (χ1) is 12.7. The van der Waals surface area contributed by atoms with Crippen molar-refractivity contribution in [2.75, 3.05) is 13.1 Å². The third kappa shape index (κ3) is 3.04. The molecule has 0 unspecified atom stereocenters. The highest BCUT2D eigenvalue weighted by molar-refractivity contribution is 5.96. The molecule has 0 atom stereocenters. The normalized spacial score (nSPS) is 21.3. The van der Waals surface area contributed by atoms with Crippen molar-refractivity contribution >= 4 is 5.91 Å². The molecule has 3 fully saturated rings. The first-order valence-electron chi connectivity index (χ1n) is 9.85. The Morgan fingerprint density at radius 1 is 1.15 bits per heavy atom. The van der Waals surface area contributed by atoms with Crippen LogP contribution in [0, 0.1) is 12.8 Å². The van der Waals surface area contributed by atoms with Crippen molar-refractivity contribution in [3.63, 3.8) is 0 Å². The van der Waals surface area contributed by atoms with Gasteiger partial charge < -0.3 is 9.42 Å². The molecule has 0 spiro atoms. The van der Waals surface area contributed by atoms with Crippen LogP contribution in [0.1, 0.15) is 83.8 Å². The molecular weight excluding hydrogens is 330 g/mol. The lowest BCUT2D eigenvalue weighted by Gasteiger charge is -2.31. The monoisotopic (exact) mass is 355 g/mol. The average molecular weight is 355 g/mol. The van der Waals surface area contributed by atoms with E-state index in [1.54, 1.807) is 0 Å². The molecule has 1 N–H and O–H groups in total. The topological polar surface area (TPSA) is 87.9 Å². The maximum absolute atomic E-state index is 13.0. The van der Waals surface area contributed by atoms with Crippen molar-refractivity contribution in [1.29, 1.82) is 0 Å². The van der Waals surface area contributed by atoms with Gasteiger partial charge in [-0.3, -0.25) is 9.89 Å². The van der Waals surface area contributed by atoms with Crippen LogP contribution in [-0.4, -0.2) is 44.2 Å². The van der Waals surface area contributed by atoms with E-state index in [4.69, 9.17) is 4.52 Å². The number of piperidine rings is 1. The molecule has 3 aliphatic rings. The number of amides is 1. The van der Waals surface area contributed by atoms with E-state index in [9.17, 15) is 4.79 Å². The fourth-order valence-electron chi connectivity index (χ4n) is 3.97. The van der Waals surface area contributed by atoms with E-state index in [0.717, 1.165) is 73.9 Å². The van der Waals surface area contributed by atoms with Gasteiger partial charge in [0.2, 0.25) is 5.89 Å². The van der Waals surface area contributed by atoms with Crippen LogP contribution in [0.4, 0.5) is 0 Å². The van der Waals surface area contributed by atoms with E-state index in [0.29, 0.717) is 17.8 Å². The van der Waals surface area contributed by atoms with E-state index in [1.165, 1.54) is 12.8 Å². The number of aromatic nitrogens is 4. The average Bonchev–Trinajstić information content (AvgIpc) is 3.58. The number of hydrogen-bond acceptors (Lipinski definition) is 5. The second-order valence-corrected chi connectivity index (χ2v) is 8.15. The summed E-state index contributed by atoms with van der Waals surface area (Å²) in [6.07, 6.45) is 7.51. The highest BCUT2D eigenvalue weighted by Gasteiger charge is 2.35. The quantitative estimate of drug-likeness (QED) is 0.891. The fraction of sp³-hybridized carbons (Fsp3) is 0.684. The Bertz CT molecular complexity index is 810. The molecule has 3 heterocycles. The summed E-state index contributed by atoms with van der Waals surface area (Å²) in [4.78, 5) is 19.5. The predicted molar refractivity (Wildman–Crippen MR) is 93.9 cm³/mol. The maximum Gasteiger partial charge on any atom is 0.257 e. The van der Waals surface area contributed by atoms with Gasteiger partial charge >= 0.3 is 0 Å². The number of nitrogens with zero attached hydrogens (tertiary/aromatic N) is 4. The molecule has 2 aromatic rings. The lowest BCUT2D eigenvalue weighted by atomic mass is 9.92. The summed E-state index contributed by atoms with van der Waals surface area (Å²) in [5.41, 5.74) is 2.70. The third-order valence-electron chi connectivity index (χ3n) is 5.94. The van der Waals surface area contributed by atoms with Crippen LogP contribution in [0.25, 0.3) is 0 Å². The number of hydrogen-bond donors (Lipinski definition) is 1. The van der Waals surface area contributed by atoms with Gasteiger partial charge in [-0.05, 0) is 51.4 Å². The van der Waals surface area contributed by atoms with Crippen molar-refractivity contribution < 1.29 is 9.32 Å². The van der Waals surface area contributed by atoms with Crippen LogP contribution in [0.3, 0.4) is 0 Å². The summed E-state index contributed by atoms with van der Waals surface area (Å²) >= 11 is 0. The van der Waals surface area contributed by atoms with Gasteiger partial charge in [0, 0.05) is 37.0 Å². The largest absolute Gasteiger partial charge is 0.339 e. The van der Waals surface area contributed by atoms with E-state index >= 15 is 0 Å². The van der Waals surface area contributed by atoms with E-state index in [2.05, 4.69) is 20.3 Å². The highest BCUT2D eigenvalue weighted by Crippen LogP contribution is 2.41. The van der Waals surface area contributed by atoms with Crippen LogP contribution in [0.2, 0.25) is 0 Å². The van der Waals surface area contributed by atoms with Gasteiger partial charge in [-0.15, -0.1) is 0 Å². The van der Waals surface area contributed by atoms with Crippen LogP contribution in [0.5, 0.6) is 0 Å². The third-order valence-corrected chi connectivity index (χ3v) is 5.94. The molecule has 0 aromatic carbocycles. The molecule has 0 bridgehead atoms. The lowest BCUT2D eigenvalue weighted by Crippen LogP contribution is -2.39. The molecule has 7 heteroatoms. The van der Waals surface area contributed by atoms with Gasteiger partial charge in [-0.1, -0.05) is 5.16 Å². The second kappa shape index (κ2) is 6.21. The van der Waals surface area contributed by atoms with Gasteiger partial charge in [0.05, 0.1) is 11.3 Å². The maximum atomic E-state index is 13.0. The summed E-state index contributed by atoms with van der Waals surface area (Å²) in [6, 6.07) is 0. The molecule has 138 valence electrons. The Morgan fingerprint density at radius 2 is 1.88 bits per heavy atom. The summed E-state index contributed by atoms with van der Waals surface area (Å²) in [5.74, 6) is 3.31. The minimum absolute atomic E-state index is 0.146. The first-order valence-corrected chi connectivity index (χ1v) is 9.85. The van der Waals surface area contributed by atoms with Crippen molar-refractivity contribution in [3.05, 3.63) is 28.7 Å². The second-order valence-electron chi connectivity index (χ2n) is 8.15. The minimum atomic E-state index is 0.146.